The molecule has 1 N–H and O–H groups in total. The molecule has 5 rings (SSSR count). The lowest BCUT2D eigenvalue weighted by Gasteiger charge is -2.36. The first kappa shape index (κ1) is 29.6. The van der Waals surface area contributed by atoms with Crippen molar-refractivity contribution in [1.82, 2.24) is 9.47 Å². The molecule has 42 heavy (non-hydrogen) atoms. The number of para-hydroxylation sites is 1. The molecule has 3 aromatic carbocycles. The fraction of sp³-hybridized carbons (Fsp3) is 0.429. The molecule has 1 aliphatic rings. The molecule has 1 aromatic heterocycles. The first-order valence-corrected chi connectivity index (χ1v) is 15.5. The third-order valence-electron chi connectivity index (χ3n) is 8.52. The van der Waals surface area contributed by atoms with E-state index in [0.29, 0.717) is 12.1 Å². The highest BCUT2D eigenvalue weighted by molar-refractivity contribution is 5.87. The predicted molar refractivity (Wildman–Crippen MR) is 169 cm³/mol. The van der Waals surface area contributed by atoms with Gasteiger partial charge < -0.3 is 14.4 Å². The van der Waals surface area contributed by atoms with Crippen LogP contribution in [-0.4, -0.2) is 46.7 Å². The molecule has 1 saturated heterocycles. The van der Waals surface area contributed by atoms with Crippen LogP contribution in [0.25, 0.3) is 22.2 Å². The smallest absolute Gasteiger partial charge is 0.420 e. The topological polar surface area (TPSA) is 78.9 Å². The Morgan fingerprint density at radius 3 is 2.29 bits per heavy atom. The summed E-state index contributed by atoms with van der Waals surface area (Å²) < 4.78 is 7.60. The van der Waals surface area contributed by atoms with E-state index < -0.39 is 5.97 Å². The Hall–Kier alpha value is -3.84. The van der Waals surface area contributed by atoms with Crippen molar-refractivity contribution in [2.45, 2.75) is 65.0 Å². The maximum absolute atomic E-state index is 12.8. The Bertz CT molecular complexity index is 1500. The van der Waals surface area contributed by atoms with E-state index in [0.717, 1.165) is 88.9 Å². The number of oxazole rings is 1. The maximum Gasteiger partial charge on any atom is 0.420 e. The Balaban J connectivity index is 1.12. The van der Waals surface area contributed by atoms with E-state index in [1.54, 1.807) is 11.5 Å². The average Bonchev–Trinajstić information content (AvgIpc) is 3.34. The number of piperazine rings is 1. The number of aromatic nitrogens is 1. The number of hydrogen-bond donors (Lipinski definition) is 1. The van der Waals surface area contributed by atoms with Gasteiger partial charge in [-0.05, 0) is 47.7 Å². The maximum atomic E-state index is 12.8. The number of hydrogen-bond acceptors (Lipinski definition) is 5. The Kier molecular flexibility index (Phi) is 10.1. The second-order valence-corrected chi connectivity index (χ2v) is 11.6. The normalized spacial score (nSPS) is 14.8. The van der Waals surface area contributed by atoms with Gasteiger partial charge in [-0.1, -0.05) is 93.6 Å². The van der Waals surface area contributed by atoms with Gasteiger partial charge in [-0.15, -0.1) is 0 Å². The zero-order chi connectivity index (χ0) is 29.3. The standard InChI is InChI=1S/C35H43N3O4/c1-27(34(39)40)13-7-4-2-3-5-10-20-38-32-19-12-18-31(33(32)42-35(38)41)37-23-21-36(22-24-37)26-28-14-11-17-30(25-28)29-15-8-6-9-16-29/h6,8-9,11-12,14-19,25,27H,2-5,7,10,13,20-24,26H2,1H3,(H,39,40). The minimum absolute atomic E-state index is 0.261. The van der Waals surface area contributed by atoms with Crippen molar-refractivity contribution in [2.75, 3.05) is 31.1 Å². The largest absolute Gasteiger partial charge is 0.481 e. The van der Waals surface area contributed by atoms with Gasteiger partial charge in [-0.25, -0.2) is 4.79 Å². The van der Waals surface area contributed by atoms with Crippen molar-refractivity contribution in [3.05, 3.63) is 88.9 Å². The van der Waals surface area contributed by atoms with Crippen LogP contribution < -0.4 is 10.7 Å². The summed E-state index contributed by atoms with van der Waals surface area (Å²) in [6.07, 6.45) is 6.92. The number of aliphatic carboxylic acids is 1. The first-order valence-electron chi connectivity index (χ1n) is 15.5. The van der Waals surface area contributed by atoms with Crippen LogP contribution in [0.3, 0.4) is 0 Å². The van der Waals surface area contributed by atoms with Gasteiger partial charge in [0, 0.05) is 39.3 Å². The summed E-state index contributed by atoms with van der Waals surface area (Å²) in [5.41, 5.74) is 6.39. The lowest BCUT2D eigenvalue weighted by Crippen LogP contribution is -2.46. The highest BCUT2D eigenvalue weighted by Gasteiger charge is 2.22. The highest BCUT2D eigenvalue weighted by Crippen LogP contribution is 2.28. The molecule has 0 amide bonds. The van der Waals surface area contributed by atoms with Crippen LogP contribution in [0, 0.1) is 5.92 Å². The van der Waals surface area contributed by atoms with Gasteiger partial charge in [0.25, 0.3) is 0 Å². The quantitative estimate of drug-likeness (QED) is 0.164. The van der Waals surface area contributed by atoms with E-state index in [1.165, 1.54) is 16.7 Å². The average molecular weight is 570 g/mol. The molecule has 2 heterocycles. The van der Waals surface area contributed by atoms with Crippen LogP contribution in [0.1, 0.15) is 57.4 Å². The van der Waals surface area contributed by atoms with Crippen molar-refractivity contribution in [3.8, 4) is 11.1 Å². The van der Waals surface area contributed by atoms with Crippen LogP contribution in [0.15, 0.2) is 82.0 Å². The van der Waals surface area contributed by atoms with Crippen LogP contribution in [0.2, 0.25) is 0 Å². The van der Waals surface area contributed by atoms with E-state index in [4.69, 9.17) is 9.52 Å². The number of nitrogens with zero attached hydrogens (tertiary/aromatic N) is 3. The monoisotopic (exact) mass is 569 g/mol. The van der Waals surface area contributed by atoms with E-state index in [2.05, 4.69) is 64.4 Å². The van der Waals surface area contributed by atoms with E-state index in [9.17, 15) is 9.59 Å². The highest BCUT2D eigenvalue weighted by atomic mass is 16.4. The van der Waals surface area contributed by atoms with Gasteiger partial charge in [0.15, 0.2) is 5.58 Å². The number of fused-ring (bicyclic) bond motifs is 1. The molecule has 1 atom stereocenters. The number of carboxylic acid groups (broad SMARTS) is 1. The Morgan fingerprint density at radius 1 is 0.833 bits per heavy atom. The van der Waals surface area contributed by atoms with E-state index >= 15 is 0 Å². The summed E-state index contributed by atoms with van der Waals surface area (Å²) in [6, 6.07) is 25.4. The molecular formula is C35H43N3O4. The summed E-state index contributed by atoms with van der Waals surface area (Å²) in [5, 5.41) is 8.99. The van der Waals surface area contributed by atoms with Crippen LogP contribution in [0.5, 0.6) is 0 Å². The second kappa shape index (κ2) is 14.4. The number of aryl methyl sites for hydroxylation is 1. The fourth-order valence-corrected chi connectivity index (χ4v) is 5.97. The zero-order valence-electron chi connectivity index (χ0n) is 24.7. The van der Waals surface area contributed by atoms with E-state index in [1.807, 2.05) is 18.2 Å². The third kappa shape index (κ3) is 7.51. The van der Waals surface area contributed by atoms with Crippen molar-refractivity contribution in [2.24, 2.45) is 5.92 Å². The second-order valence-electron chi connectivity index (χ2n) is 11.6. The van der Waals surface area contributed by atoms with Crippen LogP contribution in [-0.2, 0) is 17.9 Å². The first-order chi connectivity index (χ1) is 20.5. The molecule has 0 bridgehead atoms. The van der Waals surface area contributed by atoms with Crippen molar-refractivity contribution < 1.29 is 14.3 Å². The van der Waals surface area contributed by atoms with Gasteiger partial charge in [0.05, 0.1) is 17.1 Å². The number of carbonyl (C=O) groups is 1. The molecule has 7 heteroatoms. The minimum Gasteiger partial charge on any atom is -0.481 e. The molecule has 222 valence electrons. The molecule has 7 nitrogen and oxygen atoms in total. The number of rotatable bonds is 14. The van der Waals surface area contributed by atoms with Gasteiger partial charge >= 0.3 is 11.7 Å². The summed E-state index contributed by atoms with van der Waals surface area (Å²) in [7, 11) is 0. The Labute approximate surface area is 248 Å². The molecule has 0 radical (unpaired) electrons. The van der Waals surface area contributed by atoms with Gasteiger partial charge in [0.2, 0.25) is 0 Å². The number of carboxylic acids is 1. The van der Waals surface area contributed by atoms with E-state index in [-0.39, 0.29) is 11.7 Å². The zero-order valence-corrected chi connectivity index (χ0v) is 24.7. The van der Waals surface area contributed by atoms with Gasteiger partial charge in [-0.3, -0.25) is 14.3 Å². The number of anilines is 1. The molecule has 4 aromatic rings. The molecule has 0 spiro atoms. The molecular weight excluding hydrogens is 526 g/mol. The molecule has 1 aliphatic heterocycles. The summed E-state index contributed by atoms with van der Waals surface area (Å²) in [5.74, 6) is -1.25. The molecule has 0 saturated carbocycles. The predicted octanol–water partition coefficient (Wildman–Crippen LogP) is 7.04. The molecule has 0 aliphatic carbocycles. The van der Waals surface area contributed by atoms with Crippen molar-refractivity contribution in [1.29, 1.82) is 0 Å². The lowest BCUT2D eigenvalue weighted by molar-refractivity contribution is -0.141. The third-order valence-corrected chi connectivity index (χ3v) is 8.52. The van der Waals surface area contributed by atoms with Crippen LogP contribution in [0.4, 0.5) is 5.69 Å². The van der Waals surface area contributed by atoms with Crippen LogP contribution >= 0.6 is 0 Å². The summed E-state index contributed by atoms with van der Waals surface area (Å²) in [4.78, 5) is 28.6. The summed E-state index contributed by atoms with van der Waals surface area (Å²) in [6.45, 7) is 7.02. The van der Waals surface area contributed by atoms with Gasteiger partial charge in [0.1, 0.15) is 0 Å². The Morgan fingerprint density at radius 2 is 1.52 bits per heavy atom. The molecule has 1 fully saturated rings. The SMILES string of the molecule is CC(CCCCCCCCn1c(=O)oc2c(N3CCN(Cc4cccc(-c5ccccc5)c4)CC3)cccc21)C(=O)O. The number of benzene rings is 3. The van der Waals surface area contributed by atoms with Gasteiger partial charge in [-0.2, -0.15) is 0 Å². The number of unbranched alkanes of at least 4 members (excludes halogenated alkanes) is 5. The van der Waals surface area contributed by atoms with Crippen molar-refractivity contribution >= 4 is 22.8 Å². The molecule has 1 unspecified atom stereocenters. The van der Waals surface area contributed by atoms with Crippen molar-refractivity contribution in [3.63, 3.8) is 0 Å². The fourth-order valence-electron chi connectivity index (χ4n) is 5.97. The lowest BCUT2D eigenvalue weighted by atomic mass is 10.0. The minimum atomic E-state index is -0.709. The summed E-state index contributed by atoms with van der Waals surface area (Å²) >= 11 is 0.